The number of carbonyl (C=O) groups excluding carboxylic acids is 1. The first-order valence-corrected chi connectivity index (χ1v) is 6.67. The Morgan fingerprint density at radius 3 is 1.95 bits per heavy atom. The van der Waals surface area contributed by atoms with Gasteiger partial charge in [0.15, 0.2) is 0 Å². The molecule has 2 aromatic carbocycles. The van der Waals surface area contributed by atoms with Crippen molar-refractivity contribution in [2.24, 2.45) is 4.36 Å². The van der Waals surface area contributed by atoms with E-state index in [2.05, 4.69) is 23.4 Å². The SMILES string of the molecule is Cc1ccccc1.O=C([O-])c1ccccc1N=S(=O)=O.[Zn+2]. The van der Waals surface area contributed by atoms with Gasteiger partial charge in [0.05, 0.1) is 11.7 Å². The molecular formula is C14H12NO4SZn+. The molecule has 0 fully saturated rings. The minimum Gasteiger partial charge on any atom is -0.545 e. The molecule has 0 saturated carbocycles. The van der Waals surface area contributed by atoms with Crippen molar-refractivity contribution in [1.82, 2.24) is 0 Å². The molecular weight excluding hydrogens is 344 g/mol. The molecule has 0 bridgehead atoms. The van der Waals surface area contributed by atoms with E-state index in [0.29, 0.717) is 0 Å². The summed E-state index contributed by atoms with van der Waals surface area (Å²) in [4.78, 5) is 10.4. The van der Waals surface area contributed by atoms with Crippen LogP contribution < -0.4 is 5.11 Å². The second-order valence-corrected chi connectivity index (χ2v) is 4.38. The summed E-state index contributed by atoms with van der Waals surface area (Å²) < 4.78 is 23.4. The van der Waals surface area contributed by atoms with Gasteiger partial charge in [0, 0.05) is 5.56 Å². The van der Waals surface area contributed by atoms with Crippen LogP contribution in [0.4, 0.5) is 5.69 Å². The molecule has 0 heterocycles. The number of aromatic carboxylic acids is 1. The van der Waals surface area contributed by atoms with E-state index in [0.717, 1.165) is 0 Å². The summed E-state index contributed by atoms with van der Waals surface area (Å²) in [7, 11) is -2.66. The number of carboxylic acid groups (broad SMARTS) is 1. The number of carbonyl (C=O) groups is 1. The quantitative estimate of drug-likeness (QED) is 0.768. The maximum Gasteiger partial charge on any atom is 2.00 e. The number of benzene rings is 2. The van der Waals surface area contributed by atoms with Crippen LogP contribution >= 0.6 is 0 Å². The molecule has 0 aliphatic rings. The molecule has 2 rings (SSSR count). The van der Waals surface area contributed by atoms with Gasteiger partial charge in [-0.05, 0) is 13.0 Å². The molecule has 7 heteroatoms. The normalized spacial score (nSPS) is 8.62. The smallest absolute Gasteiger partial charge is 0.545 e. The minimum absolute atomic E-state index is 0. The Labute approximate surface area is 137 Å². The third-order valence-electron chi connectivity index (χ3n) is 2.24. The molecule has 104 valence electrons. The van der Waals surface area contributed by atoms with E-state index in [1.54, 1.807) is 0 Å². The van der Waals surface area contributed by atoms with Crippen LogP contribution in [-0.4, -0.2) is 14.4 Å². The molecule has 0 aliphatic heterocycles. The van der Waals surface area contributed by atoms with E-state index in [9.17, 15) is 18.3 Å². The number of hydrogen-bond donors (Lipinski definition) is 0. The van der Waals surface area contributed by atoms with E-state index in [4.69, 9.17) is 0 Å². The van der Waals surface area contributed by atoms with Crippen LogP contribution in [0.25, 0.3) is 0 Å². The van der Waals surface area contributed by atoms with E-state index in [1.165, 1.54) is 29.8 Å². The topological polar surface area (TPSA) is 86.6 Å². The van der Waals surface area contributed by atoms with Gasteiger partial charge in [0.2, 0.25) is 0 Å². The summed E-state index contributed by atoms with van der Waals surface area (Å²) in [5.41, 5.74) is 0.949. The molecule has 0 unspecified atom stereocenters. The maximum atomic E-state index is 10.4. The summed E-state index contributed by atoms with van der Waals surface area (Å²) >= 11 is 0. The van der Waals surface area contributed by atoms with Crippen LogP contribution in [0.5, 0.6) is 0 Å². The first-order chi connectivity index (χ1) is 9.50. The number of aryl methyl sites for hydroxylation is 1. The molecule has 0 amide bonds. The van der Waals surface area contributed by atoms with Crippen molar-refractivity contribution < 1.29 is 37.8 Å². The first-order valence-electron chi connectivity index (χ1n) is 5.64. The fourth-order valence-corrected chi connectivity index (χ4v) is 1.66. The largest absolute Gasteiger partial charge is 2.00 e. The molecule has 0 saturated heterocycles. The van der Waals surface area contributed by atoms with Crippen molar-refractivity contribution in [1.29, 1.82) is 0 Å². The molecule has 0 aromatic heterocycles. The Kier molecular flexibility index (Phi) is 9.09. The summed E-state index contributed by atoms with van der Waals surface area (Å²) in [6, 6.07) is 15.7. The maximum absolute atomic E-state index is 10.4. The predicted molar refractivity (Wildman–Crippen MR) is 73.0 cm³/mol. The van der Waals surface area contributed by atoms with Crippen molar-refractivity contribution in [2.45, 2.75) is 6.92 Å². The molecule has 5 nitrogen and oxygen atoms in total. The molecule has 21 heavy (non-hydrogen) atoms. The zero-order valence-electron chi connectivity index (χ0n) is 11.4. The van der Waals surface area contributed by atoms with Crippen LogP contribution in [-0.2, 0) is 30.0 Å². The second kappa shape index (κ2) is 9.96. The van der Waals surface area contributed by atoms with Crippen LogP contribution in [0, 0.1) is 6.92 Å². The van der Waals surface area contributed by atoms with E-state index in [1.807, 2.05) is 18.2 Å². The van der Waals surface area contributed by atoms with Gasteiger partial charge in [0.1, 0.15) is 0 Å². The summed E-state index contributed by atoms with van der Waals surface area (Å²) in [5.74, 6) is -1.45. The van der Waals surface area contributed by atoms with Gasteiger partial charge in [-0.2, -0.15) is 8.42 Å². The number of rotatable bonds is 2. The van der Waals surface area contributed by atoms with Crippen LogP contribution in [0.15, 0.2) is 59.0 Å². The van der Waals surface area contributed by atoms with Gasteiger partial charge >= 0.3 is 30.0 Å². The third kappa shape index (κ3) is 7.49. The average Bonchev–Trinajstić information content (AvgIpc) is 2.40. The zero-order chi connectivity index (χ0) is 15.0. The van der Waals surface area contributed by atoms with Crippen molar-refractivity contribution >= 4 is 22.2 Å². The summed E-state index contributed by atoms with van der Waals surface area (Å²) in [6.07, 6.45) is 0. The Hall–Kier alpha value is -1.85. The summed E-state index contributed by atoms with van der Waals surface area (Å²) in [5, 5.41) is 10.4. The van der Waals surface area contributed by atoms with E-state index in [-0.39, 0.29) is 30.7 Å². The van der Waals surface area contributed by atoms with Gasteiger partial charge in [-0.15, -0.1) is 4.36 Å². The molecule has 2 aromatic rings. The van der Waals surface area contributed by atoms with E-state index >= 15 is 0 Å². The monoisotopic (exact) mass is 354 g/mol. The van der Waals surface area contributed by atoms with Crippen molar-refractivity contribution in [3.63, 3.8) is 0 Å². The van der Waals surface area contributed by atoms with Gasteiger partial charge in [-0.25, -0.2) is 0 Å². The van der Waals surface area contributed by atoms with Crippen LogP contribution in [0.1, 0.15) is 15.9 Å². The average molecular weight is 356 g/mol. The molecule has 0 radical (unpaired) electrons. The third-order valence-corrected chi connectivity index (χ3v) is 2.58. The van der Waals surface area contributed by atoms with Crippen molar-refractivity contribution in [3.05, 3.63) is 65.7 Å². The molecule has 0 spiro atoms. The van der Waals surface area contributed by atoms with Gasteiger partial charge in [0.25, 0.3) is 0 Å². The van der Waals surface area contributed by atoms with Crippen LogP contribution in [0.3, 0.4) is 0 Å². The van der Waals surface area contributed by atoms with Crippen molar-refractivity contribution in [3.8, 4) is 0 Å². The van der Waals surface area contributed by atoms with Gasteiger partial charge in [-0.3, -0.25) is 0 Å². The number of carboxylic acids is 1. The Morgan fingerprint density at radius 2 is 1.52 bits per heavy atom. The minimum atomic E-state index is -2.66. The van der Waals surface area contributed by atoms with E-state index < -0.39 is 16.5 Å². The number of nitrogens with zero attached hydrogens (tertiary/aromatic N) is 1. The Morgan fingerprint density at radius 1 is 1.00 bits per heavy atom. The molecule has 0 N–H and O–H groups in total. The fourth-order valence-electron chi connectivity index (χ4n) is 1.34. The van der Waals surface area contributed by atoms with Gasteiger partial charge < -0.3 is 9.90 Å². The van der Waals surface area contributed by atoms with Crippen LogP contribution in [0.2, 0.25) is 0 Å². The first kappa shape index (κ1) is 19.2. The van der Waals surface area contributed by atoms with Gasteiger partial charge in [-0.1, -0.05) is 54.1 Å². The Bertz CT molecular complexity index is 707. The number of hydrogen-bond acceptors (Lipinski definition) is 5. The summed E-state index contributed by atoms with van der Waals surface area (Å²) in [6.45, 7) is 2.08. The molecule has 0 aliphatic carbocycles. The predicted octanol–water partition coefficient (Wildman–Crippen LogP) is 1.74. The second-order valence-electron chi connectivity index (χ2n) is 3.77. The standard InChI is InChI=1S/C7H5NO4S.C7H8.Zn/c9-7(10)5-3-1-2-4-6(5)8-13(11)12;1-7-5-3-2-4-6-7;/h1-4H,(H,9,10);2-6H,1H3;/q;;+2/p-1. The zero-order valence-corrected chi connectivity index (χ0v) is 15.2. The fraction of sp³-hybridized carbons (Fsp3) is 0.0714. The van der Waals surface area contributed by atoms with Crippen molar-refractivity contribution in [2.75, 3.05) is 0 Å². The Balaban J connectivity index is 0.000000425. The molecule has 0 atom stereocenters.